The zero-order chi connectivity index (χ0) is 14.0. The Morgan fingerprint density at radius 2 is 1.89 bits per heavy atom. The van der Waals surface area contributed by atoms with Gasteiger partial charge < -0.3 is 5.32 Å². The second-order valence-corrected chi connectivity index (χ2v) is 6.30. The molecule has 0 aliphatic rings. The fraction of sp³-hybridized carbons (Fsp3) is 0.143. The fourth-order valence-electron chi connectivity index (χ4n) is 1.72. The van der Waals surface area contributed by atoms with Gasteiger partial charge >= 0.3 is 0 Å². The van der Waals surface area contributed by atoms with Gasteiger partial charge in [-0.1, -0.05) is 39.7 Å². The van der Waals surface area contributed by atoms with Crippen molar-refractivity contribution in [3.05, 3.63) is 61.2 Å². The summed E-state index contributed by atoms with van der Waals surface area (Å²) in [4.78, 5) is 0. The van der Waals surface area contributed by atoms with Gasteiger partial charge in [0.15, 0.2) is 0 Å². The number of rotatable bonds is 3. The highest BCUT2D eigenvalue weighted by atomic mass is 79.9. The van der Waals surface area contributed by atoms with Crippen LogP contribution in [0, 0.1) is 12.7 Å². The number of hydrogen-bond donors (Lipinski definition) is 1. The number of benzene rings is 2. The molecule has 1 N–H and O–H groups in total. The van der Waals surface area contributed by atoms with Crippen LogP contribution in [-0.4, -0.2) is 0 Å². The first kappa shape index (κ1) is 14.8. The summed E-state index contributed by atoms with van der Waals surface area (Å²) < 4.78 is 14.8. The van der Waals surface area contributed by atoms with Gasteiger partial charge in [0.05, 0.1) is 10.7 Å². The van der Waals surface area contributed by atoms with Crippen LogP contribution < -0.4 is 5.32 Å². The first-order valence-electron chi connectivity index (χ1n) is 5.61. The molecule has 2 aromatic rings. The smallest absolute Gasteiger partial charge is 0.125 e. The maximum Gasteiger partial charge on any atom is 0.125 e. The van der Waals surface area contributed by atoms with Crippen molar-refractivity contribution >= 4 is 49.1 Å². The first-order chi connectivity index (χ1) is 8.97. The molecule has 100 valence electrons. The van der Waals surface area contributed by atoms with Crippen molar-refractivity contribution in [2.45, 2.75) is 13.5 Å². The number of anilines is 1. The van der Waals surface area contributed by atoms with Crippen molar-refractivity contribution in [3.8, 4) is 0 Å². The number of halogens is 4. The lowest BCUT2D eigenvalue weighted by atomic mass is 10.1. The Balaban J connectivity index is 2.16. The van der Waals surface area contributed by atoms with E-state index in [1.54, 1.807) is 0 Å². The van der Waals surface area contributed by atoms with Gasteiger partial charge in [0.2, 0.25) is 0 Å². The summed E-state index contributed by atoms with van der Waals surface area (Å²) in [6.07, 6.45) is 0. The van der Waals surface area contributed by atoms with Crippen molar-refractivity contribution in [2.75, 3.05) is 5.32 Å². The molecule has 2 aromatic carbocycles. The Kier molecular flexibility index (Phi) is 4.87. The number of hydrogen-bond acceptors (Lipinski definition) is 1. The summed E-state index contributed by atoms with van der Waals surface area (Å²) in [6, 6.07) is 8.80. The van der Waals surface area contributed by atoms with E-state index in [0.717, 1.165) is 10.0 Å². The van der Waals surface area contributed by atoms with Gasteiger partial charge in [0, 0.05) is 15.5 Å². The fourth-order valence-corrected chi connectivity index (χ4v) is 2.92. The van der Waals surface area contributed by atoms with Crippen LogP contribution in [0.3, 0.4) is 0 Å². The van der Waals surface area contributed by atoms with E-state index in [0.29, 0.717) is 21.7 Å². The molecule has 0 amide bonds. The lowest BCUT2D eigenvalue weighted by Crippen LogP contribution is -2.01. The molecule has 0 saturated heterocycles. The van der Waals surface area contributed by atoms with Crippen molar-refractivity contribution in [3.63, 3.8) is 0 Å². The van der Waals surface area contributed by atoms with Gasteiger partial charge in [-0.25, -0.2) is 4.39 Å². The largest absolute Gasteiger partial charge is 0.379 e. The predicted octanol–water partition coefficient (Wildman–Crippen LogP) is 5.92. The highest BCUT2D eigenvalue weighted by Crippen LogP contribution is 2.32. The van der Waals surface area contributed by atoms with Crippen LogP contribution in [0.2, 0.25) is 5.02 Å². The highest BCUT2D eigenvalue weighted by molar-refractivity contribution is 9.10. The highest BCUT2D eigenvalue weighted by Gasteiger charge is 2.08. The van der Waals surface area contributed by atoms with Crippen LogP contribution in [0.15, 0.2) is 39.3 Å². The van der Waals surface area contributed by atoms with E-state index in [4.69, 9.17) is 11.6 Å². The minimum absolute atomic E-state index is 0.359. The van der Waals surface area contributed by atoms with Crippen LogP contribution >= 0.6 is 43.5 Å². The third kappa shape index (κ3) is 3.71. The third-order valence-electron chi connectivity index (χ3n) is 2.70. The van der Waals surface area contributed by atoms with Crippen LogP contribution in [0.25, 0.3) is 0 Å². The Hall–Kier alpha value is -0.580. The Morgan fingerprint density at radius 1 is 1.16 bits per heavy atom. The van der Waals surface area contributed by atoms with Crippen LogP contribution in [0.1, 0.15) is 11.1 Å². The summed E-state index contributed by atoms with van der Waals surface area (Å²) in [5.41, 5.74) is 3.00. The Labute approximate surface area is 133 Å². The monoisotopic (exact) mass is 405 g/mol. The Morgan fingerprint density at radius 3 is 2.53 bits per heavy atom. The molecule has 0 bridgehead atoms. The molecular formula is C14H11Br2ClFN. The molecule has 0 aliphatic heterocycles. The van der Waals surface area contributed by atoms with Gasteiger partial charge in [-0.2, -0.15) is 0 Å². The van der Waals surface area contributed by atoms with E-state index in [-0.39, 0.29) is 5.82 Å². The molecule has 0 radical (unpaired) electrons. The molecule has 0 heterocycles. The van der Waals surface area contributed by atoms with Crippen LogP contribution in [-0.2, 0) is 6.54 Å². The van der Waals surface area contributed by atoms with Crippen molar-refractivity contribution in [1.29, 1.82) is 0 Å². The summed E-state index contributed by atoms with van der Waals surface area (Å²) >= 11 is 12.8. The Bertz CT molecular complexity index is 593. The topological polar surface area (TPSA) is 12.0 Å². The summed E-state index contributed by atoms with van der Waals surface area (Å²) in [6.45, 7) is 2.66. The zero-order valence-electron chi connectivity index (χ0n) is 10.1. The number of aryl methyl sites for hydroxylation is 1. The van der Waals surface area contributed by atoms with E-state index in [2.05, 4.69) is 43.2 Å². The molecule has 5 heteroatoms. The molecule has 1 nitrogen and oxygen atoms in total. The molecule has 0 unspecified atom stereocenters. The normalized spacial score (nSPS) is 10.6. The van der Waals surface area contributed by atoms with Gasteiger partial charge in [0.1, 0.15) is 5.82 Å². The van der Waals surface area contributed by atoms with Crippen LogP contribution in [0.4, 0.5) is 10.1 Å². The van der Waals surface area contributed by atoms with Crippen molar-refractivity contribution in [2.24, 2.45) is 0 Å². The summed E-state index contributed by atoms with van der Waals surface area (Å²) in [7, 11) is 0. The third-order valence-corrected chi connectivity index (χ3v) is 4.51. The molecule has 19 heavy (non-hydrogen) atoms. The van der Waals surface area contributed by atoms with Gasteiger partial charge in [-0.15, -0.1) is 0 Å². The molecule has 0 atom stereocenters. The molecule has 0 fully saturated rings. The van der Waals surface area contributed by atoms with E-state index in [1.165, 1.54) is 17.7 Å². The molecule has 0 spiro atoms. The standard InChI is InChI=1S/C14H11Br2ClFN/c1-8-4-9(2-3-11(8)15)7-19-14-12(16)5-10(18)6-13(14)17/h2-6,19H,7H2,1H3. The van der Waals surface area contributed by atoms with Crippen molar-refractivity contribution < 1.29 is 4.39 Å². The molecule has 0 aliphatic carbocycles. The first-order valence-corrected chi connectivity index (χ1v) is 7.57. The van der Waals surface area contributed by atoms with Gasteiger partial charge in [0.25, 0.3) is 0 Å². The van der Waals surface area contributed by atoms with Gasteiger partial charge in [-0.05, 0) is 52.2 Å². The minimum Gasteiger partial charge on any atom is -0.379 e. The zero-order valence-corrected chi connectivity index (χ0v) is 14.0. The van der Waals surface area contributed by atoms with Gasteiger partial charge in [-0.3, -0.25) is 0 Å². The minimum atomic E-state index is -0.359. The lowest BCUT2D eigenvalue weighted by Gasteiger charge is -2.11. The predicted molar refractivity (Wildman–Crippen MR) is 85.3 cm³/mol. The van der Waals surface area contributed by atoms with Crippen LogP contribution in [0.5, 0.6) is 0 Å². The van der Waals surface area contributed by atoms with E-state index >= 15 is 0 Å². The van der Waals surface area contributed by atoms with Crippen molar-refractivity contribution in [1.82, 2.24) is 0 Å². The second kappa shape index (κ2) is 6.25. The van der Waals surface area contributed by atoms with E-state index < -0.39 is 0 Å². The van der Waals surface area contributed by atoms with E-state index in [1.807, 2.05) is 19.1 Å². The average molecular weight is 408 g/mol. The average Bonchev–Trinajstić information content (AvgIpc) is 2.32. The summed E-state index contributed by atoms with van der Waals surface area (Å²) in [5, 5.41) is 3.57. The quantitative estimate of drug-likeness (QED) is 0.665. The molecule has 0 saturated carbocycles. The SMILES string of the molecule is Cc1cc(CNc2c(Cl)cc(F)cc2Br)ccc1Br. The molecular weight excluding hydrogens is 396 g/mol. The number of nitrogens with one attached hydrogen (secondary N) is 1. The van der Waals surface area contributed by atoms with E-state index in [9.17, 15) is 4.39 Å². The maximum atomic E-state index is 13.1. The molecule has 2 rings (SSSR count). The maximum absolute atomic E-state index is 13.1. The second-order valence-electron chi connectivity index (χ2n) is 4.18. The lowest BCUT2D eigenvalue weighted by molar-refractivity contribution is 0.627. The summed E-state index contributed by atoms with van der Waals surface area (Å²) in [5.74, 6) is -0.359. The molecule has 0 aromatic heterocycles.